The monoisotopic (exact) mass is 365 g/mol. The second-order valence-corrected chi connectivity index (χ2v) is 5.35. The third kappa shape index (κ3) is 4.91. The fourth-order valence-corrected chi connectivity index (χ4v) is 2.20. The van der Waals surface area contributed by atoms with E-state index < -0.39 is 0 Å². The summed E-state index contributed by atoms with van der Waals surface area (Å²) in [4.78, 5) is 24.4. The van der Waals surface area contributed by atoms with E-state index in [0.29, 0.717) is 29.8 Å². The number of carbonyl (C=O) groups excluding carboxylic acids is 1. The lowest BCUT2D eigenvalue weighted by molar-refractivity contribution is 0.0526. The lowest BCUT2D eigenvalue weighted by atomic mass is 10.2. The number of anilines is 3. The van der Waals surface area contributed by atoms with Gasteiger partial charge in [-0.1, -0.05) is 18.2 Å². The van der Waals surface area contributed by atoms with Gasteiger partial charge in [-0.2, -0.15) is 15.0 Å². The first-order valence-corrected chi connectivity index (χ1v) is 8.39. The van der Waals surface area contributed by atoms with Crippen LogP contribution in [-0.4, -0.2) is 34.6 Å². The highest BCUT2D eigenvalue weighted by atomic mass is 16.5. The van der Waals surface area contributed by atoms with Gasteiger partial charge >= 0.3 is 12.0 Å². The van der Waals surface area contributed by atoms with Crippen LogP contribution in [0.3, 0.4) is 0 Å². The van der Waals surface area contributed by atoms with Gasteiger partial charge in [0.1, 0.15) is 5.75 Å². The minimum Gasteiger partial charge on any atom is -0.462 e. The Morgan fingerprint density at radius 2 is 1.67 bits per heavy atom. The van der Waals surface area contributed by atoms with E-state index in [2.05, 4.69) is 25.6 Å². The zero-order valence-electron chi connectivity index (χ0n) is 15.0. The number of para-hydroxylation sites is 1. The van der Waals surface area contributed by atoms with Crippen LogP contribution in [0.15, 0.2) is 54.6 Å². The van der Waals surface area contributed by atoms with Crippen molar-refractivity contribution in [2.45, 2.75) is 6.92 Å². The van der Waals surface area contributed by atoms with Crippen LogP contribution in [0.2, 0.25) is 0 Å². The minimum atomic E-state index is -0.379. The van der Waals surface area contributed by atoms with Gasteiger partial charge in [-0.05, 0) is 43.3 Å². The smallest absolute Gasteiger partial charge is 0.338 e. The molecule has 0 spiro atoms. The SMILES string of the molecule is CCOC(=O)c1ccc(Oc2nc(NC)nc(Nc3ccccc3)n2)cc1. The molecule has 1 heterocycles. The van der Waals surface area contributed by atoms with E-state index >= 15 is 0 Å². The van der Waals surface area contributed by atoms with Crippen molar-refractivity contribution in [3.05, 3.63) is 60.2 Å². The molecule has 3 aromatic rings. The summed E-state index contributed by atoms with van der Waals surface area (Å²) in [5, 5.41) is 5.97. The van der Waals surface area contributed by atoms with Gasteiger partial charge in [0, 0.05) is 12.7 Å². The highest BCUT2D eigenvalue weighted by Crippen LogP contribution is 2.22. The number of hydrogen-bond acceptors (Lipinski definition) is 8. The summed E-state index contributed by atoms with van der Waals surface area (Å²) < 4.78 is 10.7. The van der Waals surface area contributed by atoms with Gasteiger partial charge in [0.2, 0.25) is 11.9 Å². The quantitative estimate of drug-likeness (QED) is 0.613. The van der Waals surface area contributed by atoms with Crippen molar-refractivity contribution in [3.8, 4) is 11.8 Å². The van der Waals surface area contributed by atoms with Crippen molar-refractivity contribution in [2.75, 3.05) is 24.3 Å². The summed E-state index contributed by atoms with van der Waals surface area (Å²) in [5.74, 6) is 0.818. The molecule has 0 unspecified atom stereocenters. The van der Waals surface area contributed by atoms with Gasteiger partial charge in [-0.3, -0.25) is 0 Å². The van der Waals surface area contributed by atoms with Gasteiger partial charge in [0.25, 0.3) is 0 Å². The predicted molar refractivity (Wildman–Crippen MR) is 102 cm³/mol. The molecule has 8 heteroatoms. The molecule has 0 aliphatic carbocycles. The van der Waals surface area contributed by atoms with Crippen molar-refractivity contribution in [2.24, 2.45) is 0 Å². The van der Waals surface area contributed by atoms with Gasteiger partial charge in [0.15, 0.2) is 0 Å². The fourth-order valence-electron chi connectivity index (χ4n) is 2.20. The Kier molecular flexibility index (Phi) is 5.78. The average molecular weight is 365 g/mol. The molecular weight excluding hydrogens is 346 g/mol. The van der Waals surface area contributed by atoms with Crippen LogP contribution in [-0.2, 0) is 4.74 Å². The van der Waals surface area contributed by atoms with E-state index in [-0.39, 0.29) is 12.0 Å². The molecule has 0 aliphatic rings. The minimum absolute atomic E-state index is 0.122. The zero-order valence-corrected chi connectivity index (χ0v) is 15.0. The van der Waals surface area contributed by atoms with Gasteiger partial charge in [-0.15, -0.1) is 0 Å². The van der Waals surface area contributed by atoms with Crippen LogP contribution in [0, 0.1) is 0 Å². The summed E-state index contributed by atoms with van der Waals surface area (Å²) in [6.07, 6.45) is 0. The normalized spacial score (nSPS) is 10.1. The summed E-state index contributed by atoms with van der Waals surface area (Å²) >= 11 is 0. The number of ether oxygens (including phenoxy) is 2. The molecule has 0 fully saturated rings. The Morgan fingerprint density at radius 1 is 0.963 bits per heavy atom. The van der Waals surface area contributed by atoms with E-state index in [1.165, 1.54) is 0 Å². The maximum absolute atomic E-state index is 11.7. The van der Waals surface area contributed by atoms with Crippen LogP contribution in [0.4, 0.5) is 17.6 Å². The maximum atomic E-state index is 11.7. The van der Waals surface area contributed by atoms with Crippen LogP contribution in [0.1, 0.15) is 17.3 Å². The molecule has 27 heavy (non-hydrogen) atoms. The largest absolute Gasteiger partial charge is 0.462 e. The molecule has 0 bridgehead atoms. The Hall–Kier alpha value is -3.68. The summed E-state index contributed by atoms with van der Waals surface area (Å²) in [5.41, 5.74) is 1.29. The number of carbonyl (C=O) groups is 1. The summed E-state index contributed by atoms with van der Waals surface area (Å²) in [6.45, 7) is 2.09. The first kappa shape index (κ1) is 18.1. The standard InChI is InChI=1S/C19H19N5O3/c1-3-26-16(25)13-9-11-15(12-10-13)27-19-23-17(20-2)22-18(24-19)21-14-7-5-4-6-8-14/h4-12H,3H2,1-2H3,(H2,20,21,22,23,24). The Balaban J connectivity index is 1.77. The number of benzene rings is 2. The van der Waals surface area contributed by atoms with Crippen molar-refractivity contribution >= 4 is 23.6 Å². The third-order valence-corrected chi connectivity index (χ3v) is 3.44. The Morgan fingerprint density at radius 3 is 2.33 bits per heavy atom. The molecule has 2 aromatic carbocycles. The van der Waals surface area contributed by atoms with E-state index in [1.54, 1.807) is 38.2 Å². The van der Waals surface area contributed by atoms with E-state index in [9.17, 15) is 4.79 Å². The number of aromatic nitrogens is 3. The number of rotatable bonds is 7. The fraction of sp³-hybridized carbons (Fsp3) is 0.158. The van der Waals surface area contributed by atoms with E-state index in [0.717, 1.165) is 5.69 Å². The van der Waals surface area contributed by atoms with Crippen LogP contribution in [0.5, 0.6) is 11.8 Å². The molecule has 0 aliphatic heterocycles. The first-order valence-electron chi connectivity index (χ1n) is 8.39. The average Bonchev–Trinajstić information content (AvgIpc) is 2.69. The van der Waals surface area contributed by atoms with Crippen LogP contribution in [0.25, 0.3) is 0 Å². The second kappa shape index (κ2) is 8.61. The number of esters is 1. The van der Waals surface area contributed by atoms with E-state index in [1.807, 2.05) is 30.3 Å². The molecule has 0 atom stereocenters. The molecule has 138 valence electrons. The molecule has 3 rings (SSSR count). The number of nitrogens with zero attached hydrogens (tertiary/aromatic N) is 3. The van der Waals surface area contributed by atoms with Crippen molar-refractivity contribution in [1.82, 2.24) is 15.0 Å². The van der Waals surface area contributed by atoms with Crippen molar-refractivity contribution < 1.29 is 14.3 Å². The van der Waals surface area contributed by atoms with Crippen LogP contribution < -0.4 is 15.4 Å². The number of hydrogen-bond donors (Lipinski definition) is 2. The second-order valence-electron chi connectivity index (χ2n) is 5.35. The zero-order chi connectivity index (χ0) is 19.1. The Labute approximate surface area is 156 Å². The molecule has 0 amide bonds. The lowest BCUT2D eigenvalue weighted by Crippen LogP contribution is -2.06. The van der Waals surface area contributed by atoms with Gasteiger partial charge in [-0.25, -0.2) is 4.79 Å². The van der Waals surface area contributed by atoms with Crippen LogP contribution >= 0.6 is 0 Å². The molecular formula is C19H19N5O3. The topological polar surface area (TPSA) is 98.3 Å². The lowest BCUT2D eigenvalue weighted by Gasteiger charge is -2.09. The molecule has 2 N–H and O–H groups in total. The van der Waals surface area contributed by atoms with Crippen molar-refractivity contribution in [3.63, 3.8) is 0 Å². The summed E-state index contributed by atoms with van der Waals surface area (Å²) in [7, 11) is 1.71. The first-order chi connectivity index (χ1) is 13.2. The number of nitrogens with one attached hydrogen (secondary N) is 2. The Bertz CT molecular complexity index is 901. The third-order valence-electron chi connectivity index (χ3n) is 3.44. The molecule has 0 saturated heterocycles. The predicted octanol–water partition coefficient (Wildman–Crippen LogP) is 3.63. The maximum Gasteiger partial charge on any atom is 0.338 e. The molecule has 1 aromatic heterocycles. The van der Waals surface area contributed by atoms with Gasteiger partial charge in [0.05, 0.1) is 12.2 Å². The van der Waals surface area contributed by atoms with E-state index in [4.69, 9.17) is 9.47 Å². The molecule has 8 nitrogen and oxygen atoms in total. The van der Waals surface area contributed by atoms with Crippen molar-refractivity contribution in [1.29, 1.82) is 0 Å². The van der Waals surface area contributed by atoms with Gasteiger partial charge < -0.3 is 20.1 Å². The molecule has 0 saturated carbocycles. The molecule has 0 radical (unpaired) electrons. The highest BCUT2D eigenvalue weighted by molar-refractivity contribution is 5.89. The summed E-state index contributed by atoms with van der Waals surface area (Å²) in [6, 6.07) is 16.2. The highest BCUT2D eigenvalue weighted by Gasteiger charge is 2.10.